The van der Waals surface area contributed by atoms with Gasteiger partial charge >= 0.3 is 0 Å². The van der Waals surface area contributed by atoms with E-state index in [0.717, 1.165) is 10.8 Å². The number of carbonyl (C=O) groups is 1. The van der Waals surface area contributed by atoms with Crippen LogP contribution < -0.4 is 4.74 Å². The van der Waals surface area contributed by atoms with Gasteiger partial charge in [0, 0.05) is 22.3 Å². The van der Waals surface area contributed by atoms with E-state index in [9.17, 15) is 4.79 Å². The highest BCUT2D eigenvalue weighted by molar-refractivity contribution is 9.10. The van der Waals surface area contributed by atoms with Crippen molar-refractivity contribution in [1.82, 2.24) is 4.98 Å². The molecule has 0 unspecified atom stereocenters. The van der Waals surface area contributed by atoms with Gasteiger partial charge < -0.3 is 4.74 Å². The van der Waals surface area contributed by atoms with Crippen LogP contribution in [0.15, 0.2) is 41.0 Å². The topological polar surface area (TPSA) is 39.2 Å². The molecule has 0 N–H and O–H groups in total. The van der Waals surface area contributed by atoms with E-state index in [-0.39, 0.29) is 0 Å². The maximum Gasteiger partial charge on any atom is 0.219 e. The molecular weight excluding hydrogens is 305 g/mol. The molecule has 0 radical (unpaired) electrons. The molecule has 1 aromatic heterocycles. The van der Waals surface area contributed by atoms with Crippen LogP contribution in [0, 0.1) is 0 Å². The lowest BCUT2D eigenvalue weighted by molar-refractivity contribution is 0.112. The number of pyridine rings is 1. The molecule has 0 amide bonds. The van der Waals surface area contributed by atoms with Gasteiger partial charge in [0.15, 0.2) is 6.29 Å². The van der Waals surface area contributed by atoms with Crippen molar-refractivity contribution in [1.29, 1.82) is 0 Å². The summed E-state index contributed by atoms with van der Waals surface area (Å²) in [6.07, 6.45) is 2.16. The number of ether oxygens (including phenoxy) is 1. The van der Waals surface area contributed by atoms with Gasteiger partial charge in [-0.3, -0.25) is 4.79 Å². The van der Waals surface area contributed by atoms with Gasteiger partial charge in [0.2, 0.25) is 5.88 Å². The zero-order valence-electron chi connectivity index (χ0n) is 8.56. The molecule has 1 aromatic carbocycles. The van der Waals surface area contributed by atoms with Gasteiger partial charge in [-0.2, -0.15) is 0 Å². The third-order valence-electron chi connectivity index (χ3n) is 2.00. The minimum absolute atomic E-state index is 0.385. The molecule has 0 spiro atoms. The van der Waals surface area contributed by atoms with Crippen molar-refractivity contribution < 1.29 is 9.53 Å². The van der Waals surface area contributed by atoms with E-state index in [1.807, 2.05) is 6.07 Å². The Hall–Kier alpha value is -1.39. The molecule has 0 aliphatic rings. The SMILES string of the molecule is O=Cc1ccc(Oc2cc(Br)ccc2Cl)nc1. The molecule has 0 bridgehead atoms. The van der Waals surface area contributed by atoms with Gasteiger partial charge in [0.05, 0.1) is 5.02 Å². The fourth-order valence-electron chi connectivity index (χ4n) is 1.19. The van der Waals surface area contributed by atoms with E-state index in [4.69, 9.17) is 16.3 Å². The molecule has 0 aliphatic heterocycles. The second-order valence-electron chi connectivity index (χ2n) is 3.22. The second kappa shape index (κ2) is 5.29. The average molecular weight is 313 g/mol. The van der Waals surface area contributed by atoms with Gasteiger partial charge in [-0.25, -0.2) is 4.98 Å². The summed E-state index contributed by atoms with van der Waals surface area (Å²) in [4.78, 5) is 14.5. The van der Waals surface area contributed by atoms with Crippen LogP contribution in [-0.4, -0.2) is 11.3 Å². The number of hydrogen-bond donors (Lipinski definition) is 0. The lowest BCUT2D eigenvalue weighted by Crippen LogP contribution is -1.90. The average Bonchev–Trinajstić information content (AvgIpc) is 2.35. The highest BCUT2D eigenvalue weighted by Gasteiger charge is 2.04. The summed E-state index contributed by atoms with van der Waals surface area (Å²) in [6, 6.07) is 8.53. The van der Waals surface area contributed by atoms with Gasteiger partial charge in [0.1, 0.15) is 5.75 Å². The fraction of sp³-hybridized carbons (Fsp3) is 0. The molecule has 0 aliphatic carbocycles. The maximum absolute atomic E-state index is 10.5. The largest absolute Gasteiger partial charge is 0.437 e. The van der Waals surface area contributed by atoms with Crippen molar-refractivity contribution in [2.75, 3.05) is 0 Å². The first-order valence-corrected chi connectivity index (χ1v) is 5.90. The molecule has 2 aromatic rings. The van der Waals surface area contributed by atoms with E-state index < -0.39 is 0 Å². The number of carbonyl (C=O) groups excluding carboxylic acids is 1. The molecule has 0 saturated carbocycles. The molecule has 0 fully saturated rings. The first-order chi connectivity index (χ1) is 8.19. The summed E-state index contributed by atoms with van der Waals surface area (Å²) >= 11 is 9.30. The van der Waals surface area contributed by atoms with Crippen LogP contribution in [0.4, 0.5) is 0 Å². The van der Waals surface area contributed by atoms with E-state index in [1.54, 1.807) is 24.3 Å². The zero-order chi connectivity index (χ0) is 12.3. The Morgan fingerprint density at radius 2 is 2.12 bits per heavy atom. The fourth-order valence-corrected chi connectivity index (χ4v) is 1.69. The Labute approximate surface area is 112 Å². The lowest BCUT2D eigenvalue weighted by atomic mass is 10.3. The van der Waals surface area contributed by atoms with E-state index in [0.29, 0.717) is 22.2 Å². The normalized spacial score (nSPS) is 10.0. The summed E-state index contributed by atoms with van der Waals surface area (Å²) in [5.41, 5.74) is 0.498. The van der Waals surface area contributed by atoms with Gasteiger partial charge in [-0.05, 0) is 24.3 Å². The molecule has 0 saturated heterocycles. The van der Waals surface area contributed by atoms with Crippen molar-refractivity contribution in [3.05, 3.63) is 51.6 Å². The third kappa shape index (κ3) is 3.05. The number of rotatable bonds is 3. The molecule has 86 valence electrons. The quantitative estimate of drug-likeness (QED) is 0.801. The molecule has 2 rings (SSSR count). The van der Waals surface area contributed by atoms with Crippen LogP contribution in [0.25, 0.3) is 0 Å². The minimum atomic E-state index is 0.385. The number of nitrogens with zero attached hydrogens (tertiary/aromatic N) is 1. The van der Waals surface area contributed by atoms with Crippen LogP contribution in [-0.2, 0) is 0 Å². The Morgan fingerprint density at radius 3 is 2.76 bits per heavy atom. The Morgan fingerprint density at radius 1 is 1.29 bits per heavy atom. The van der Waals surface area contributed by atoms with Crippen molar-refractivity contribution >= 4 is 33.8 Å². The van der Waals surface area contributed by atoms with E-state index >= 15 is 0 Å². The highest BCUT2D eigenvalue weighted by atomic mass is 79.9. The summed E-state index contributed by atoms with van der Waals surface area (Å²) < 4.78 is 6.36. The zero-order valence-corrected chi connectivity index (χ0v) is 10.9. The Kier molecular flexibility index (Phi) is 3.76. The Bertz CT molecular complexity index is 543. The summed E-state index contributed by atoms with van der Waals surface area (Å²) in [5.74, 6) is 0.892. The molecule has 5 heteroatoms. The molecule has 0 atom stereocenters. The number of halogens is 2. The van der Waals surface area contributed by atoms with Crippen LogP contribution in [0.3, 0.4) is 0 Å². The number of aldehydes is 1. The predicted molar refractivity (Wildman–Crippen MR) is 68.9 cm³/mol. The van der Waals surface area contributed by atoms with E-state index in [1.165, 1.54) is 6.20 Å². The summed E-state index contributed by atoms with van der Waals surface area (Å²) in [6.45, 7) is 0. The standard InChI is InChI=1S/C12H7BrClNO2/c13-9-2-3-10(14)11(5-9)17-12-4-1-8(7-16)6-15-12/h1-7H. The maximum atomic E-state index is 10.5. The van der Waals surface area contributed by atoms with Crippen molar-refractivity contribution in [2.45, 2.75) is 0 Å². The summed E-state index contributed by atoms with van der Waals surface area (Å²) in [7, 11) is 0. The van der Waals surface area contributed by atoms with Crippen molar-refractivity contribution in [3.8, 4) is 11.6 Å². The molecule has 17 heavy (non-hydrogen) atoms. The van der Waals surface area contributed by atoms with E-state index in [2.05, 4.69) is 20.9 Å². The smallest absolute Gasteiger partial charge is 0.219 e. The number of hydrogen-bond acceptors (Lipinski definition) is 3. The highest BCUT2D eigenvalue weighted by Crippen LogP contribution is 2.31. The molecule has 3 nitrogen and oxygen atoms in total. The van der Waals surface area contributed by atoms with Crippen LogP contribution in [0.2, 0.25) is 5.02 Å². The first-order valence-electron chi connectivity index (χ1n) is 4.73. The molecular formula is C12H7BrClNO2. The van der Waals surface area contributed by atoms with Crippen LogP contribution >= 0.6 is 27.5 Å². The third-order valence-corrected chi connectivity index (χ3v) is 2.81. The van der Waals surface area contributed by atoms with Gasteiger partial charge in [0.25, 0.3) is 0 Å². The predicted octanol–water partition coefficient (Wildman–Crippen LogP) is 4.10. The van der Waals surface area contributed by atoms with Crippen LogP contribution in [0.1, 0.15) is 10.4 Å². The monoisotopic (exact) mass is 311 g/mol. The minimum Gasteiger partial charge on any atom is -0.437 e. The first kappa shape index (κ1) is 12.1. The molecule has 1 heterocycles. The van der Waals surface area contributed by atoms with Crippen molar-refractivity contribution in [2.24, 2.45) is 0 Å². The van der Waals surface area contributed by atoms with Gasteiger partial charge in [-0.15, -0.1) is 0 Å². The lowest BCUT2D eigenvalue weighted by Gasteiger charge is -2.06. The number of aromatic nitrogens is 1. The van der Waals surface area contributed by atoms with Crippen molar-refractivity contribution in [3.63, 3.8) is 0 Å². The number of benzene rings is 1. The summed E-state index contributed by atoms with van der Waals surface area (Å²) in [5, 5.41) is 0.495. The van der Waals surface area contributed by atoms with Crippen LogP contribution in [0.5, 0.6) is 11.6 Å². The van der Waals surface area contributed by atoms with Gasteiger partial charge in [-0.1, -0.05) is 27.5 Å². The second-order valence-corrected chi connectivity index (χ2v) is 4.55. The Balaban J connectivity index is 2.24.